The molecule has 8 nitrogen and oxygen atoms in total. The first-order valence-electron chi connectivity index (χ1n) is 6.89. The lowest BCUT2D eigenvalue weighted by molar-refractivity contribution is -0.303. The molecule has 0 radical (unpaired) electrons. The fourth-order valence-corrected chi connectivity index (χ4v) is 2.01. The lowest BCUT2D eigenvalue weighted by Crippen LogP contribution is -2.59. The van der Waals surface area contributed by atoms with Crippen LogP contribution in [0, 0.1) is 5.92 Å². The number of carbonyl (C=O) groups is 1. The van der Waals surface area contributed by atoms with Gasteiger partial charge in [0.05, 0.1) is 20.3 Å². The fourth-order valence-electron chi connectivity index (χ4n) is 2.01. The second kappa shape index (κ2) is 8.62. The van der Waals surface area contributed by atoms with Gasteiger partial charge in [0.25, 0.3) is 0 Å². The molecule has 0 amide bonds. The van der Waals surface area contributed by atoms with E-state index in [-0.39, 0.29) is 24.9 Å². The molecular weight excluding hydrogens is 284 g/mol. The molecule has 8 heteroatoms. The average molecular weight is 308 g/mol. The van der Waals surface area contributed by atoms with Crippen LogP contribution in [0.3, 0.4) is 0 Å². The molecule has 0 spiro atoms. The minimum atomic E-state index is -1.45. The molecule has 0 aromatic heterocycles. The number of esters is 1. The van der Waals surface area contributed by atoms with Crippen LogP contribution in [0.2, 0.25) is 0 Å². The molecule has 124 valence electrons. The molecule has 0 bridgehead atoms. The second-order valence-corrected chi connectivity index (χ2v) is 5.25. The van der Waals surface area contributed by atoms with Crippen molar-refractivity contribution in [2.24, 2.45) is 5.92 Å². The van der Waals surface area contributed by atoms with E-state index < -0.39 is 37.3 Å². The summed E-state index contributed by atoms with van der Waals surface area (Å²) in [5.74, 6) is -0.300. The molecule has 1 heterocycles. The van der Waals surface area contributed by atoms with E-state index in [2.05, 4.69) is 4.74 Å². The summed E-state index contributed by atoms with van der Waals surface area (Å²) in [5.41, 5.74) is 0. The molecule has 0 aromatic rings. The third-order valence-electron chi connectivity index (χ3n) is 3.46. The first-order valence-corrected chi connectivity index (χ1v) is 6.89. The molecule has 6 atom stereocenters. The van der Waals surface area contributed by atoms with Gasteiger partial charge in [0.1, 0.15) is 24.4 Å². The Morgan fingerprint density at radius 2 is 1.90 bits per heavy atom. The highest BCUT2D eigenvalue weighted by Gasteiger charge is 2.44. The Balaban J connectivity index is 2.41. The first kappa shape index (κ1) is 18.3. The normalized spacial score (nSPS) is 34.5. The molecular formula is C13H24O8. The highest BCUT2D eigenvalue weighted by Crippen LogP contribution is 2.22. The summed E-state index contributed by atoms with van der Waals surface area (Å²) in [4.78, 5) is 11.0. The predicted molar refractivity (Wildman–Crippen MR) is 70.1 cm³/mol. The smallest absolute Gasteiger partial charge is 0.305 e. The Morgan fingerprint density at radius 1 is 1.24 bits per heavy atom. The van der Waals surface area contributed by atoms with E-state index in [1.165, 1.54) is 7.11 Å². The summed E-state index contributed by atoms with van der Waals surface area (Å²) in [6, 6.07) is 0. The van der Waals surface area contributed by atoms with Crippen molar-refractivity contribution < 1.29 is 39.4 Å². The fraction of sp³-hybridized carbons (Fsp3) is 0.923. The Kier molecular flexibility index (Phi) is 7.50. The van der Waals surface area contributed by atoms with Crippen molar-refractivity contribution in [2.75, 3.05) is 20.3 Å². The van der Waals surface area contributed by atoms with Crippen LogP contribution in [0.5, 0.6) is 0 Å². The molecule has 1 rings (SSSR count). The van der Waals surface area contributed by atoms with Gasteiger partial charge in [-0.3, -0.25) is 4.79 Å². The van der Waals surface area contributed by atoms with Crippen LogP contribution in [-0.4, -0.2) is 77.4 Å². The summed E-state index contributed by atoms with van der Waals surface area (Å²) in [6.45, 7) is 1.55. The van der Waals surface area contributed by atoms with Crippen molar-refractivity contribution in [1.29, 1.82) is 0 Å². The molecule has 1 fully saturated rings. The monoisotopic (exact) mass is 308 g/mol. The van der Waals surface area contributed by atoms with E-state index in [9.17, 15) is 20.1 Å². The van der Waals surface area contributed by atoms with Gasteiger partial charge in [0.15, 0.2) is 6.29 Å². The van der Waals surface area contributed by atoms with Crippen LogP contribution < -0.4 is 0 Å². The Labute approximate surface area is 123 Å². The summed E-state index contributed by atoms with van der Waals surface area (Å²) < 4.78 is 15.1. The van der Waals surface area contributed by atoms with Gasteiger partial charge >= 0.3 is 5.97 Å². The van der Waals surface area contributed by atoms with Crippen molar-refractivity contribution in [3.63, 3.8) is 0 Å². The number of rotatable bonds is 7. The van der Waals surface area contributed by atoms with Gasteiger partial charge in [-0.2, -0.15) is 0 Å². The number of methoxy groups -OCH3 is 1. The van der Waals surface area contributed by atoms with Crippen molar-refractivity contribution in [3.8, 4) is 0 Å². The van der Waals surface area contributed by atoms with Crippen molar-refractivity contribution in [3.05, 3.63) is 0 Å². The second-order valence-electron chi connectivity index (χ2n) is 5.25. The van der Waals surface area contributed by atoms with Crippen molar-refractivity contribution >= 4 is 5.97 Å². The summed E-state index contributed by atoms with van der Waals surface area (Å²) in [6.07, 6.45) is -5.58. The Bertz CT molecular complexity index is 321. The molecule has 0 aliphatic carbocycles. The van der Waals surface area contributed by atoms with Crippen LogP contribution in [0.1, 0.15) is 19.8 Å². The number of hydrogen-bond acceptors (Lipinski definition) is 8. The average Bonchev–Trinajstić information content (AvgIpc) is 2.49. The van der Waals surface area contributed by atoms with E-state index in [4.69, 9.17) is 14.6 Å². The number of hydrogen-bond donors (Lipinski definition) is 4. The standard InChI is InChI=1S/C13H24O8/c1-7(3-4-9(15)19-2)6-20-13-12(18)11(17)10(16)8(5-14)21-13/h7-8,10-14,16-18H,3-6H2,1-2H3. The van der Waals surface area contributed by atoms with Gasteiger partial charge in [-0.25, -0.2) is 0 Å². The molecule has 4 N–H and O–H groups in total. The van der Waals surface area contributed by atoms with Gasteiger partial charge in [0.2, 0.25) is 0 Å². The van der Waals surface area contributed by atoms with Crippen LogP contribution in [-0.2, 0) is 19.0 Å². The lowest BCUT2D eigenvalue weighted by Gasteiger charge is -2.39. The maximum atomic E-state index is 11.0. The molecule has 1 aliphatic rings. The van der Waals surface area contributed by atoms with Gasteiger partial charge in [-0.15, -0.1) is 0 Å². The quantitative estimate of drug-likeness (QED) is 0.414. The number of ether oxygens (including phenoxy) is 3. The van der Waals surface area contributed by atoms with Crippen molar-refractivity contribution in [1.82, 2.24) is 0 Å². The SMILES string of the molecule is COC(=O)CCC(C)COC1OC(CO)C(O)C(O)C1O. The largest absolute Gasteiger partial charge is 0.469 e. The van der Waals surface area contributed by atoms with E-state index in [1.54, 1.807) is 0 Å². The van der Waals surface area contributed by atoms with E-state index in [0.717, 1.165) is 0 Å². The van der Waals surface area contributed by atoms with E-state index in [1.807, 2.05) is 6.92 Å². The molecule has 21 heavy (non-hydrogen) atoms. The maximum Gasteiger partial charge on any atom is 0.305 e. The Hall–Kier alpha value is -0.770. The first-order chi connectivity index (χ1) is 9.90. The zero-order chi connectivity index (χ0) is 16.0. The van der Waals surface area contributed by atoms with Crippen molar-refractivity contribution in [2.45, 2.75) is 50.5 Å². The number of aliphatic hydroxyl groups excluding tert-OH is 4. The zero-order valence-electron chi connectivity index (χ0n) is 12.2. The van der Waals surface area contributed by atoms with E-state index in [0.29, 0.717) is 6.42 Å². The topological polar surface area (TPSA) is 126 Å². The van der Waals surface area contributed by atoms with Crippen LogP contribution >= 0.6 is 0 Å². The molecule has 1 saturated heterocycles. The van der Waals surface area contributed by atoms with Crippen LogP contribution in [0.4, 0.5) is 0 Å². The van der Waals surface area contributed by atoms with Gasteiger partial charge < -0.3 is 34.6 Å². The summed E-state index contributed by atoms with van der Waals surface area (Å²) >= 11 is 0. The maximum absolute atomic E-state index is 11.0. The lowest BCUT2D eigenvalue weighted by atomic mass is 9.99. The Morgan fingerprint density at radius 3 is 2.48 bits per heavy atom. The van der Waals surface area contributed by atoms with Crippen LogP contribution in [0.25, 0.3) is 0 Å². The number of carbonyl (C=O) groups excluding carboxylic acids is 1. The zero-order valence-corrected chi connectivity index (χ0v) is 12.2. The van der Waals surface area contributed by atoms with Gasteiger partial charge in [-0.05, 0) is 12.3 Å². The third kappa shape index (κ3) is 5.17. The molecule has 6 unspecified atom stereocenters. The minimum absolute atomic E-state index is 0.0106. The van der Waals surface area contributed by atoms with Gasteiger partial charge in [-0.1, -0.05) is 6.92 Å². The predicted octanol–water partition coefficient (Wildman–Crippen LogP) is -1.61. The van der Waals surface area contributed by atoms with Gasteiger partial charge in [0, 0.05) is 6.42 Å². The highest BCUT2D eigenvalue weighted by atomic mass is 16.7. The van der Waals surface area contributed by atoms with E-state index >= 15 is 0 Å². The van der Waals surface area contributed by atoms with Crippen LogP contribution in [0.15, 0.2) is 0 Å². The highest BCUT2D eigenvalue weighted by molar-refractivity contribution is 5.69. The minimum Gasteiger partial charge on any atom is -0.469 e. The molecule has 0 saturated carbocycles. The molecule has 1 aliphatic heterocycles. The molecule has 0 aromatic carbocycles. The summed E-state index contributed by atoms with van der Waals surface area (Å²) in [5, 5.41) is 38.1. The summed E-state index contributed by atoms with van der Waals surface area (Å²) in [7, 11) is 1.32. The number of aliphatic hydroxyl groups is 4. The third-order valence-corrected chi connectivity index (χ3v) is 3.46.